The van der Waals surface area contributed by atoms with E-state index < -0.39 is 0 Å². The van der Waals surface area contributed by atoms with Crippen molar-refractivity contribution < 1.29 is 0 Å². The van der Waals surface area contributed by atoms with E-state index in [0.29, 0.717) is 0 Å². The summed E-state index contributed by atoms with van der Waals surface area (Å²) in [5.74, 6) is 0.782. The first kappa shape index (κ1) is 12.2. The van der Waals surface area contributed by atoms with E-state index in [1.54, 1.807) is 0 Å². The molecule has 0 saturated heterocycles. The SMILES string of the molecule is CCN(C)CCCCl.Cl. The molecule has 0 amide bonds. The molecule has 0 heterocycles. The molecule has 0 aliphatic heterocycles. The lowest BCUT2D eigenvalue weighted by Crippen LogP contribution is -2.18. The van der Waals surface area contributed by atoms with Crippen LogP contribution in [0.3, 0.4) is 0 Å². The second kappa shape index (κ2) is 8.54. The molecule has 0 radical (unpaired) electrons. The summed E-state index contributed by atoms with van der Waals surface area (Å²) in [4.78, 5) is 2.25. The summed E-state index contributed by atoms with van der Waals surface area (Å²) in [5, 5.41) is 0. The highest BCUT2D eigenvalue weighted by Gasteiger charge is 1.90. The van der Waals surface area contributed by atoms with E-state index in [2.05, 4.69) is 18.9 Å². The van der Waals surface area contributed by atoms with Crippen molar-refractivity contribution in [3.05, 3.63) is 0 Å². The van der Waals surface area contributed by atoms with Gasteiger partial charge in [0.05, 0.1) is 0 Å². The van der Waals surface area contributed by atoms with E-state index in [1.165, 1.54) is 0 Å². The van der Waals surface area contributed by atoms with Crippen LogP contribution in [0.2, 0.25) is 0 Å². The first-order chi connectivity index (χ1) is 3.81. The molecule has 0 aromatic heterocycles. The van der Waals surface area contributed by atoms with Crippen molar-refractivity contribution in [1.82, 2.24) is 4.90 Å². The standard InChI is InChI=1S/C6H14ClN.ClH/c1-3-8(2)6-4-5-7;/h3-6H2,1-2H3;1H. The summed E-state index contributed by atoms with van der Waals surface area (Å²) in [6.45, 7) is 4.39. The average molecular weight is 172 g/mol. The minimum Gasteiger partial charge on any atom is -0.307 e. The van der Waals surface area contributed by atoms with Crippen LogP contribution in [0.5, 0.6) is 0 Å². The third kappa shape index (κ3) is 8.54. The van der Waals surface area contributed by atoms with Crippen molar-refractivity contribution in [1.29, 1.82) is 0 Å². The second-order valence-electron chi connectivity index (χ2n) is 1.94. The molecule has 0 spiro atoms. The largest absolute Gasteiger partial charge is 0.307 e. The predicted molar refractivity (Wildman–Crippen MR) is 45.8 cm³/mol. The van der Waals surface area contributed by atoms with E-state index in [4.69, 9.17) is 11.6 Å². The first-order valence-electron chi connectivity index (χ1n) is 3.05. The number of alkyl halides is 1. The van der Waals surface area contributed by atoms with Gasteiger partial charge in [-0.3, -0.25) is 0 Å². The van der Waals surface area contributed by atoms with Crippen molar-refractivity contribution >= 4 is 24.0 Å². The maximum atomic E-state index is 5.48. The summed E-state index contributed by atoms with van der Waals surface area (Å²) in [5.41, 5.74) is 0. The maximum absolute atomic E-state index is 5.48. The van der Waals surface area contributed by atoms with Crippen molar-refractivity contribution in [2.24, 2.45) is 0 Å². The zero-order valence-corrected chi connectivity index (χ0v) is 7.63. The van der Waals surface area contributed by atoms with E-state index >= 15 is 0 Å². The third-order valence-electron chi connectivity index (χ3n) is 1.21. The minimum atomic E-state index is 0. The molecule has 0 atom stereocenters. The van der Waals surface area contributed by atoms with Gasteiger partial charge in [0.15, 0.2) is 0 Å². The Morgan fingerprint density at radius 3 is 2.33 bits per heavy atom. The van der Waals surface area contributed by atoms with Crippen LogP contribution in [0.15, 0.2) is 0 Å². The van der Waals surface area contributed by atoms with Crippen LogP contribution in [0.4, 0.5) is 0 Å². The molecule has 0 rings (SSSR count). The topological polar surface area (TPSA) is 3.24 Å². The fourth-order valence-corrected chi connectivity index (χ4v) is 0.607. The second-order valence-corrected chi connectivity index (χ2v) is 2.32. The van der Waals surface area contributed by atoms with Gasteiger partial charge in [-0.25, -0.2) is 0 Å². The first-order valence-corrected chi connectivity index (χ1v) is 3.59. The van der Waals surface area contributed by atoms with Gasteiger partial charge in [0.1, 0.15) is 0 Å². The Bertz CT molecular complexity index is 50.3. The van der Waals surface area contributed by atoms with Crippen molar-refractivity contribution in [2.75, 3.05) is 26.0 Å². The third-order valence-corrected chi connectivity index (χ3v) is 1.48. The van der Waals surface area contributed by atoms with Gasteiger partial charge < -0.3 is 4.90 Å². The van der Waals surface area contributed by atoms with Crippen LogP contribution in [-0.4, -0.2) is 30.9 Å². The Morgan fingerprint density at radius 2 is 2.00 bits per heavy atom. The van der Waals surface area contributed by atoms with Gasteiger partial charge in [0.2, 0.25) is 0 Å². The normalized spacial score (nSPS) is 9.33. The highest BCUT2D eigenvalue weighted by molar-refractivity contribution is 6.17. The summed E-state index contributed by atoms with van der Waals surface area (Å²) in [7, 11) is 2.10. The lowest BCUT2D eigenvalue weighted by molar-refractivity contribution is 0.354. The van der Waals surface area contributed by atoms with Gasteiger partial charge in [-0.2, -0.15) is 0 Å². The maximum Gasteiger partial charge on any atom is 0.0235 e. The zero-order valence-electron chi connectivity index (χ0n) is 6.06. The minimum absolute atomic E-state index is 0. The molecule has 0 aliphatic rings. The van der Waals surface area contributed by atoms with Gasteiger partial charge in [-0.15, -0.1) is 24.0 Å². The van der Waals surface area contributed by atoms with Crippen LogP contribution in [0.25, 0.3) is 0 Å². The van der Waals surface area contributed by atoms with Crippen molar-refractivity contribution in [3.8, 4) is 0 Å². The molecule has 3 heteroatoms. The van der Waals surface area contributed by atoms with Crippen LogP contribution in [0.1, 0.15) is 13.3 Å². The summed E-state index contributed by atoms with van der Waals surface area (Å²) >= 11 is 5.48. The number of nitrogens with zero attached hydrogens (tertiary/aromatic N) is 1. The molecule has 0 N–H and O–H groups in total. The molecule has 1 nitrogen and oxygen atoms in total. The Balaban J connectivity index is 0. The molecule has 0 fully saturated rings. The van der Waals surface area contributed by atoms with Crippen LogP contribution in [0, 0.1) is 0 Å². The Morgan fingerprint density at radius 1 is 1.44 bits per heavy atom. The summed E-state index contributed by atoms with van der Waals surface area (Å²) < 4.78 is 0. The molecule has 0 aliphatic carbocycles. The van der Waals surface area contributed by atoms with Gasteiger partial charge in [0, 0.05) is 5.88 Å². The highest BCUT2D eigenvalue weighted by atomic mass is 35.5. The fraction of sp³-hybridized carbons (Fsp3) is 1.00. The predicted octanol–water partition coefficient (Wildman–Crippen LogP) is 1.99. The molecule has 9 heavy (non-hydrogen) atoms. The lowest BCUT2D eigenvalue weighted by Gasteiger charge is -2.11. The van der Waals surface area contributed by atoms with E-state index in [1.807, 2.05) is 0 Å². The molecule has 0 aromatic carbocycles. The lowest BCUT2D eigenvalue weighted by atomic mass is 10.4. The van der Waals surface area contributed by atoms with Crippen LogP contribution >= 0.6 is 24.0 Å². The number of rotatable bonds is 4. The van der Waals surface area contributed by atoms with Gasteiger partial charge in [-0.1, -0.05) is 6.92 Å². The summed E-state index contributed by atoms with van der Waals surface area (Å²) in [6, 6.07) is 0. The van der Waals surface area contributed by atoms with Crippen molar-refractivity contribution in [3.63, 3.8) is 0 Å². The van der Waals surface area contributed by atoms with Crippen LogP contribution < -0.4 is 0 Å². The van der Waals surface area contributed by atoms with E-state index in [0.717, 1.165) is 25.4 Å². The Hall–Kier alpha value is 0.540. The molecular formula is C6H15Cl2N. The average Bonchev–Trinajstić information content (AvgIpc) is 1.83. The molecular weight excluding hydrogens is 157 g/mol. The Labute approximate surface area is 68.8 Å². The van der Waals surface area contributed by atoms with E-state index in [9.17, 15) is 0 Å². The number of hydrogen-bond donors (Lipinski definition) is 0. The fourth-order valence-electron chi connectivity index (χ4n) is 0.488. The molecule has 0 bridgehead atoms. The number of halogens is 2. The van der Waals surface area contributed by atoms with Gasteiger partial charge in [0.25, 0.3) is 0 Å². The molecule has 58 valence electrons. The Kier molecular flexibility index (Phi) is 11.6. The van der Waals surface area contributed by atoms with Gasteiger partial charge >= 0.3 is 0 Å². The summed E-state index contributed by atoms with van der Waals surface area (Å²) in [6.07, 6.45) is 1.10. The monoisotopic (exact) mass is 171 g/mol. The molecule has 0 aromatic rings. The van der Waals surface area contributed by atoms with Crippen LogP contribution in [-0.2, 0) is 0 Å². The van der Waals surface area contributed by atoms with Gasteiger partial charge in [-0.05, 0) is 26.6 Å². The quantitative estimate of drug-likeness (QED) is 0.586. The number of hydrogen-bond acceptors (Lipinski definition) is 1. The molecule has 0 saturated carbocycles. The van der Waals surface area contributed by atoms with E-state index in [-0.39, 0.29) is 12.4 Å². The molecule has 0 unspecified atom stereocenters. The smallest absolute Gasteiger partial charge is 0.0235 e. The highest BCUT2D eigenvalue weighted by Crippen LogP contribution is 1.87. The zero-order chi connectivity index (χ0) is 6.41. The van der Waals surface area contributed by atoms with Crippen molar-refractivity contribution in [2.45, 2.75) is 13.3 Å².